The predicted molar refractivity (Wildman–Crippen MR) is 114 cm³/mol. The van der Waals surface area contributed by atoms with Crippen molar-refractivity contribution in [3.05, 3.63) is 64.7 Å². The average Bonchev–Trinajstić information content (AvgIpc) is 2.66. The van der Waals surface area contributed by atoms with Crippen LogP contribution in [0.15, 0.2) is 48.5 Å². The maximum Gasteiger partial charge on any atom is 0.244 e. The lowest BCUT2D eigenvalue weighted by molar-refractivity contribution is -0.117. The molecule has 0 bridgehead atoms. The number of methoxy groups -OCH3 is 1. The van der Waals surface area contributed by atoms with Crippen LogP contribution in [0.4, 0.5) is 0 Å². The summed E-state index contributed by atoms with van der Waals surface area (Å²) in [6.45, 7) is 3.08. The molecule has 1 atom stereocenters. The molecule has 0 aliphatic rings. The van der Waals surface area contributed by atoms with Crippen LogP contribution in [-0.2, 0) is 4.79 Å². The van der Waals surface area contributed by atoms with Crippen molar-refractivity contribution in [2.45, 2.75) is 13.0 Å². The van der Waals surface area contributed by atoms with Crippen LogP contribution >= 0.6 is 11.6 Å². The Bertz CT molecular complexity index is 807. The third-order valence-electron chi connectivity index (χ3n) is 4.03. The van der Waals surface area contributed by atoms with Gasteiger partial charge in [0.2, 0.25) is 5.91 Å². The number of hydrogen-bond acceptors (Lipinski definition) is 4. The lowest BCUT2D eigenvalue weighted by Gasteiger charge is -2.22. The number of rotatable bonds is 9. The summed E-state index contributed by atoms with van der Waals surface area (Å²) in [5.74, 6) is 0.855. The molecule has 2 aromatic carbocycles. The molecule has 2 rings (SSSR count). The molecule has 1 N–H and O–H groups in total. The second kappa shape index (κ2) is 10.7. The first kappa shape index (κ1) is 21.8. The molecule has 0 radical (unpaired) electrons. The van der Waals surface area contributed by atoms with Crippen molar-refractivity contribution < 1.29 is 14.3 Å². The number of hydrogen-bond donors (Lipinski definition) is 1. The second-order valence-electron chi connectivity index (χ2n) is 6.53. The Kier molecular flexibility index (Phi) is 8.36. The lowest BCUT2D eigenvalue weighted by Crippen LogP contribution is -2.34. The van der Waals surface area contributed by atoms with Gasteiger partial charge in [-0.25, -0.2) is 0 Å². The van der Waals surface area contributed by atoms with E-state index in [-0.39, 0.29) is 11.9 Å². The minimum Gasteiger partial charge on any atom is -0.491 e. The molecule has 28 heavy (non-hydrogen) atoms. The molecule has 5 nitrogen and oxygen atoms in total. The summed E-state index contributed by atoms with van der Waals surface area (Å²) < 4.78 is 10.9. The van der Waals surface area contributed by atoms with Crippen molar-refractivity contribution in [1.29, 1.82) is 0 Å². The van der Waals surface area contributed by atoms with E-state index in [1.807, 2.05) is 56.3 Å². The molecule has 0 spiro atoms. The number of carbonyl (C=O) groups is 1. The maximum absolute atomic E-state index is 12.5. The monoisotopic (exact) mass is 402 g/mol. The summed E-state index contributed by atoms with van der Waals surface area (Å²) in [4.78, 5) is 14.5. The second-order valence-corrected chi connectivity index (χ2v) is 6.94. The van der Waals surface area contributed by atoms with E-state index in [1.54, 1.807) is 25.3 Å². The van der Waals surface area contributed by atoms with Gasteiger partial charge in [-0.05, 0) is 50.4 Å². The highest BCUT2D eigenvalue weighted by Gasteiger charge is 2.14. The van der Waals surface area contributed by atoms with Gasteiger partial charge >= 0.3 is 0 Å². The fourth-order valence-electron chi connectivity index (χ4n) is 2.82. The molecule has 6 heteroatoms. The van der Waals surface area contributed by atoms with Gasteiger partial charge in [0, 0.05) is 12.6 Å². The van der Waals surface area contributed by atoms with Gasteiger partial charge in [-0.15, -0.1) is 0 Å². The predicted octanol–water partition coefficient (Wildman–Crippen LogP) is 4.18. The summed E-state index contributed by atoms with van der Waals surface area (Å²) in [6, 6.07) is 13.3. The summed E-state index contributed by atoms with van der Waals surface area (Å²) in [7, 11) is 5.50. The summed E-state index contributed by atoms with van der Waals surface area (Å²) >= 11 is 6.26. The highest BCUT2D eigenvalue weighted by molar-refractivity contribution is 6.32. The third-order valence-corrected chi connectivity index (χ3v) is 4.31. The van der Waals surface area contributed by atoms with E-state index in [0.717, 1.165) is 11.1 Å². The number of amides is 1. The number of likely N-dealkylation sites (N-methyl/N-ethyl adjacent to an activating group) is 1. The molecule has 0 heterocycles. The molecule has 1 amide bonds. The molecule has 0 fully saturated rings. The number of nitrogens with one attached hydrogen (secondary N) is 1. The highest BCUT2D eigenvalue weighted by Crippen LogP contribution is 2.36. The van der Waals surface area contributed by atoms with Crippen molar-refractivity contribution in [3.63, 3.8) is 0 Å². The average molecular weight is 403 g/mol. The SMILES string of the molecule is CCOc1cc(/C=C/C(=O)NC(CN(C)C)c2ccccc2)cc(Cl)c1OC. The van der Waals surface area contributed by atoms with Crippen LogP contribution in [0.3, 0.4) is 0 Å². The summed E-state index contributed by atoms with van der Waals surface area (Å²) in [5.41, 5.74) is 1.82. The number of ether oxygens (including phenoxy) is 2. The van der Waals surface area contributed by atoms with Gasteiger partial charge in [0.25, 0.3) is 0 Å². The Morgan fingerprint density at radius 1 is 1.25 bits per heavy atom. The Labute approximate surface area is 171 Å². The molecule has 0 aliphatic heterocycles. The van der Waals surface area contributed by atoms with Crippen molar-refractivity contribution in [3.8, 4) is 11.5 Å². The van der Waals surface area contributed by atoms with Gasteiger partial charge < -0.3 is 19.7 Å². The Morgan fingerprint density at radius 3 is 2.57 bits per heavy atom. The molecule has 0 saturated carbocycles. The maximum atomic E-state index is 12.5. The van der Waals surface area contributed by atoms with E-state index < -0.39 is 0 Å². The van der Waals surface area contributed by atoms with Crippen LogP contribution < -0.4 is 14.8 Å². The van der Waals surface area contributed by atoms with Gasteiger partial charge in [0.1, 0.15) is 0 Å². The lowest BCUT2D eigenvalue weighted by atomic mass is 10.1. The molecule has 0 aromatic heterocycles. The van der Waals surface area contributed by atoms with E-state index >= 15 is 0 Å². The van der Waals surface area contributed by atoms with E-state index in [9.17, 15) is 4.79 Å². The largest absolute Gasteiger partial charge is 0.491 e. The standard InChI is InChI=1S/C22H27ClN2O3/c1-5-28-20-14-16(13-18(23)22(20)27-4)11-12-21(26)24-19(15-25(2)3)17-9-7-6-8-10-17/h6-14,19H,5,15H2,1-4H3,(H,24,26)/b12-11+. The van der Waals surface area contributed by atoms with Crippen LogP contribution in [0.1, 0.15) is 24.1 Å². The zero-order chi connectivity index (χ0) is 20.5. The number of carbonyl (C=O) groups excluding carboxylic acids is 1. The van der Waals surface area contributed by atoms with Crippen molar-refractivity contribution in [2.75, 3.05) is 34.4 Å². The molecule has 1 unspecified atom stereocenters. The first-order valence-corrected chi connectivity index (χ1v) is 9.51. The van der Waals surface area contributed by atoms with Gasteiger partial charge in [-0.1, -0.05) is 41.9 Å². The van der Waals surface area contributed by atoms with Crippen molar-refractivity contribution in [1.82, 2.24) is 10.2 Å². The highest BCUT2D eigenvalue weighted by atomic mass is 35.5. The number of nitrogens with zero attached hydrogens (tertiary/aromatic N) is 1. The van der Waals surface area contributed by atoms with Crippen LogP contribution in [0.25, 0.3) is 6.08 Å². The zero-order valence-corrected chi connectivity index (χ0v) is 17.5. The molecule has 150 valence electrons. The topological polar surface area (TPSA) is 50.8 Å². The Balaban J connectivity index is 2.15. The molecule has 0 saturated heterocycles. The summed E-state index contributed by atoms with van der Waals surface area (Å²) in [6.07, 6.45) is 3.21. The Hall–Kier alpha value is -2.50. The summed E-state index contributed by atoms with van der Waals surface area (Å²) in [5, 5.41) is 3.49. The molecular weight excluding hydrogens is 376 g/mol. The van der Waals surface area contributed by atoms with Crippen LogP contribution in [0, 0.1) is 0 Å². The number of halogens is 1. The van der Waals surface area contributed by atoms with Crippen LogP contribution in [0.2, 0.25) is 5.02 Å². The minimum absolute atomic E-state index is 0.105. The van der Waals surface area contributed by atoms with Gasteiger partial charge in [0.15, 0.2) is 11.5 Å². The van der Waals surface area contributed by atoms with E-state index in [1.165, 1.54) is 6.08 Å². The van der Waals surface area contributed by atoms with Crippen molar-refractivity contribution >= 4 is 23.6 Å². The van der Waals surface area contributed by atoms with Gasteiger partial charge in [-0.3, -0.25) is 4.79 Å². The minimum atomic E-state index is -0.180. The quantitative estimate of drug-likeness (QED) is 0.639. The van der Waals surface area contributed by atoms with Gasteiger partial charge in [0.05, 0.1) is 24.8 Å². The molecular formula is C22H27ClN2O3. The van der Waals surface area contributed by atoms with E-state index in [4.69, 9.17) is 21.1 Å². The Morgan fingerprint density at radius 2 is 1.96 bits per heavy atom. The third kappa shape index (κ3) is 6.29. The smallest absolute Gasteiger partial charge is 0.244 e. The zero-order valence-electron chi connectivity index (χ0n) is 16.7. The fourth-order valence-corrected chi connectivity index (χ4v) is 3.12. The molecule has 0 aliphatic carbocycles. The van der Waals surface area contributed by atoms with E-state index in [2.05, 4.69) is 5.32 Å². The normalized spacial score (nSPS) is 12.2. The van der Waals surface area contributed by atoms with Crippen molar-refractivity contribution in [2.24, 2.45) is 0 Å². The fraction of sp³-hybridized carbons (Fsp3) is 0.318. The van der Waals surface area contributed by atoms with Crippen LogP contribution in [0.5, 0.6) is 11.5 Å². The molecule has 2 aromatic rings. The first-order valence-electron chi connectivity index (χ1n) is 9.13. The van der Waals surface area contributed by atoms with Crippen LogP contribution in [-0.4, -0.2) is 45.2 Å². The first-order chi connectivity index (χ1) is 13.4. The van der Waals surface area contributed by atoms with E-state index in [0.29, 0.717) is 29.7 Å². The van der Waals surface area contributed by atoms with Gasteiger partial charge in [-0.2, -0.15) is 0 Å². The number of benzene rings is 2.